The van der Waals surface area contributed by atoms with Gasteiger partial charge in [0.2, 0.25) is 5.91 Å². The van der Waals surface area contributed by atoms with Crippen molar-refractivity contribution < 1.29 is 14.4 Å². The average Bonchev–Trinajstić information content (AvgIpc) is 3.36. The highest BCUT2D eigenvalue weighted by molar-refractivity contribution is 6.12. The largest absolute Gasteiger partial charge is 0.366 e. The van der Waals surface area contributed by atoms with E-state index in [1.165, 1.54) is 6.20 Å². The third-order valence-electron chi connectivity index (χ3n) is 6.60. The van der Waals surface area contributed by atoms with E-state index in [4.69, 9.17) is 11.5 Å². The summed E-state index contributed by atoms with van der Waals surface area (Å²) in [6.07, 6.45) is 6.91. The summed E-state index contributed by atoms with van der Waals surface area (Å²) < 4.78 is 0. The van der Waals surface area contributed by atoms with Gasteiger partial charge in [-0.2, -0.15) is 0 Å². The van der Waals surface area contributed by atoms with Crippen LogP contribution in [0.25, 0.3) is 10.9 Å². The highest BCUT2D eigenvalue weighted by atomic mass is 16.2. The van der Waals surface area contributed by atoms with Gasteiger partial charge in [-0.25, -0.2) is 4.98 Å². The standard InChI is InChI=1S/C23H24N6O3/c24-21(30)12-1-6-19(27-11-12)29-14-2-3-15(29)10-13(9-14)28-23(32)17-4-5-18(22(25)31)20-16(17)7-8-26-20/h1,4-8,11,13-15,26H,2-3,9-10H2,(H2,24,30)(H2,25,31)(H,28,32)/t13-,14+,15-. The number of nitrogens with zero attached hydrogens (tertiary/aromatic N) is 2. The molecule has 9 heteroatoms. The van der Waals surface area contributed by atoms with E-state index in [2.05, 4.69) is 20.2 Å². The van der Waals surface area contributed by atoms with E-state index >= 15 is 0 Å². The fourth-order valence-electron chi connectivity index (χ4n) is 5.18. The summed E-state index contributed by atoms with van der Waals surface area (Å²) in [5.41, 5.74) is 12.6. The van der Waals surface area contributed by atoms with E-state index < -0.39 is 11.8 Å². The van der Waals surface area contributed by atoms with Gasteiger partial charge in [0.1, 0.15) is 5.82 Å². The molecule has 164 valence electrons. The highest BCUT2D eigenvalue weighted by Crippen LogP contribution is 2.38. The SMILES string of the molecule is NC(=O)c1ccc(N2[C@@H]3CC[C@H]2C[C@@H](NC(=O)c2ccc(C(N)=O)c4[nH]ccc24)C3)nc1. The Kier molecular flexibility index (Phi) is 4.80. The molecule has 1 aromatic carbocycles. The van der Waals surface area contributed by atoms with Crippen LogP contribution >= 0.6 is 0 Å². The van der Waals surface area contributed by atoms with Crippen LogP contribution in [0.3, 0.4) is 0 Å². The molecule has 0 spiro atoms. The number of hydrogen-bond donors (Lipinski definition) is 4. The number of fused-ring (bicyclic) bond motifs is 3. The maximum atomic E-state index is 13.1. The zero-order valence-corrected chi connectivity index (χ0v) is 17.4. The Morgan fingerprint density at radius 2 is 1.69 bits per heavy atom. The van der Waals surface area contributed by atoms with Crippen LogP contribution in [0.15, 0.2) is 42.7 Å². The number of pyridine rings is 1. The Morgan fingerprint density at radius 1 is 0.969 bits per heavy atom. The molecule has 2 fully saturated rings. The van der Waals surface area contributed by atoms with Crippen molar-refractivity contribution in [1.29, 1.82) is 0 Å². The third-order valence-corrected chi connectivity index (χ3v) is 6.60. The molecule has 3 amide bonds. The fraction of sp³-hybridized carbons (Fsp3) is 0.304. The molecule has 2 bridgehead atoms. The van der Waals surface area contributed by atoms with Crippen molar-refractivity contribution >= 4 is 34.4 Å². The molecule has 6 N–H and O–H groups in total. The molecular formula is C23H24N6O3. The number of carbonyl (C=O) groups excluding carboxylic acids is 3. The van der Waals surface area contributed by atoms with Gasteiger partial charge in [0, 0.05) is 41.5 Å². The zero-order chi connectivity index (χ0) is 22.4. The lowest BCUT2D eigenvalue weighted by Gasteiger charge is -2.40. The predicted octanol–water partition coefficient (Wildman–Crippen LogP) is 1.69. The monoisotopic (exact) mass is 432 g/mol. The van der Waals surface area contributed by atoms with Gasteiger partial charge in [-0.3, -0.25) is 14.4 Å². The van der Waals surface area contributed by atoms with Crippen molar-refractivity contribution in [1.82, 2.24) is 15.3 Å². The molecule has 32 heavy (non-hydrogen) atoms. The number of rotatable bonds is 5. The number of nitrogens with two attached hydrogens (primary N) is 2. The lowest BCUT2D eigenvalue weighted by Crippen LogP contribution is -2.50. The molecule has 9 nitrogen and oxygen atoms in total. The van der Waals surface area contributed by atoms with Crippen molar-refractivity contribution in [3.63, 3.8) is 0 Å². The van der Waals surface area contributed by atoms with Gasteiger partial charge in [0.05, 0.1) is 16.6 Å². The molecule has 5 rings (SSSR count). The first kappa shape index (κ1) is 20.0. The van der Waals surface area contributed by atoms with Crippen molar-refractivity contribution in [3.05, 3.63) is 59.4 Å². The number of primary amides is 2. The lowest BCUT2D eigenvalue weighted by atomic mass is 9.96. The second-order valence-corrected chi connectivity index (χ2v) is 8.49. The molecule has 2 aromatic heterocycles. The molecule has 0 radical (unpaired) electrons. The Morgan fingerprint density at radius 3 is 2.31 bits per heavy atom. The fourth-order valence-corrected chi connectivity index (χ4v) is 5.18. The second kappa shape index (κ2) is 7.67. The van der Waals surface area contributed by atoms with Crippen LogP contribution in [-0.2, 0) is 0 Å². The topological polar surface area (TPSA) is 147 Å². The van der Waals surface area contributed by atoms with Gasteiger partial charge in [-0.05, 0) is 56.0 Å². The first-order valence-corrected chi connectivity index (χ1v) is 10.7. The summed E-state index contributed by atoms with van der Waals surface area (Å²) >= 11 is 0. The summed E-state index contributed by atoms with van der Waals surface area (Å²) in [6, 6.07) is 9.16. The van der Waals surface area contributed by atoms with Gasteiger partial charge in [-0.15, -0.1) is 0 Å². The number of piperidine rings is 1. The van der Waals surface area contributed by atoms with E-state index in [0.29, 0.717) is 27.6 Å². The molecular weight excluding hydrogens is 408 g/mol. The number of carbonyl (C=O) groups is 3. The van der Waals surface area contributed by atoms with Crippen LogP contribution in [-0.4, -0.2) is 45.8 Å². The number of hydrogen-bond acceptors (Lipinski definition) is 5. The molecule has 0 unspecified atom stereocenters. The molecule has 3 atom stereocenters. The number of amides is 3. The Labute approximate surface area is 184 Å². The van der Waals surface area contributed by atoms with Crippen molar-refractivity contribution in [2.24, 2.45) is 11.5 Å². The summed E-state index contributed by atoms with van der Waals surface area (Å²) in [6.45, 7) is 0. The first-order chi connectivity index (χ1) is 15.4. The summed E-state index contributed by atoms with van der Waals surface area (Å²) in [5.74, 6) is -0.351. The molecule has 2 aliphatic rings. The first-order valence-electron chi connectivity index (χ1n) is 10.7. The molecule has 2 saturated heterocycles. The average molecular weight is 432 g/mol. The highest BCUT2D eigenvalue weighted by Gasteiger charge is 2.41. The summed E-state index contributed by atoms with van der Waals surface area (Å²) in [4.78, 5) is 45.8. The number of anilines is 1. The minimum Gasteiger partial charge on any atom is -0.366 e. The zero-order valence-electron chi connectivity index (χ0n) is 17.4. The molecule has 0 saturated carbocycles. The normalized spacial score (nSPS) is 22.1. The van der Waals surface area contributed by atoms with Crippen molar-refractivity contribution in [2.75, 3.05) is 4.90 Å². The molecule has 2 aliphatic heterocycles. The van der Waals surface area contributed by atoms with Crippen LogP contribution in [0.5, 0.6) is 0 Å². The maximum Gasteiger partial charge on any atom is 0.252 e. The number of H-pyrrole nitrogens is 1. The minimum absolute atomic E-state index is 0.0472. The van der Waals surface area contributed by atoms with E-state index in [-0.39, 0.29) is 24.0 Å². The molecule has 0 aliphatic carbocycles. The van der Waals surface area contributed by atoms with Crippen LogP contribution in [0.2, 0.25) is 0 Å². The van der Waals surface area contributed by atoms with Crippen LogP contribution in [0.4, 0.5) is 5.82 Å². The molecule has 3 aromatic rings. The number of aromatic nitrogens is 2. The van der Waals surface area contributed by atoms with E-state index in [9.17, 15) is 14.4 Å². The van der Waals surface area contributed by atoms with Crippen molar-refractivity contribution in [3.8, 4) is 0 Å². The van der Waals surface area contributed by atoms with Gasteiger partial charge in [-0.1, -0.05) is 0 Å². The van der Waals surface area contributed by atoms with Gasteiger partial charge in [0.25, 0.3) is 11.8 Å². The second-order valence-electron chi connectivity index (χ2n) is 8.49. The molecule has 4 heterocycles. The smallest absolute Gasteiger partial charge is 0.252 e. The summed E-state index contributed by atoms with van der Waals surface area (Å²) in [7, 11) is 0. The third kappa shape index (κ3) is 3.35. The number of aromatic amines is 1. The number of benzene rings is 1. The minimum atomic E-state index is -0.536. The Balaban J connectivity index is 1.32. The Bertz CT molecular complexity index is 1200. The summed E-state index contributed by atoms with van der Waals surface area (Å²) in [5, 5.41) is 3.86. The quantitative estimate of drug-likeness (QED) is 0.484. The van der Waals surface area contributed by atoms with E-state index in [0.717, 1.165) is 31.5 Å². The van der Waals surface area contributed by atoms with Crippen molar-refractivity contribution in [2.45, 2.75) is 43.8 Å². The van der Waals surface area contributed by atoms with Crippen LogP contribution in [0.1, 0.15) is 56.8 Å². The maximum absolute atomic E-state index is 13.1. The van der Waals surface area contributed by atoms with Crippen LogP contribution in [0, 0.1) is 0 Å². The van der Waals surface area contributed by atoms with Gasteiger partial charge >= 0.3 is 0 Å². The van der Waals surface area contributed by atoms with Gasteiger partial charge in [0.15, 0.2) is 0 Å². The lowest BCUT2D eigenvalue weighted by molar-refractivity contribution is 0.0926. The van der Waals surface area contributed by atoms with Gasteiger partial charge < -0.3 is 26.7 Å². The Hall–Kier alpha value is -3.88. The van der Waals surface area contributed by atoms with E-state index in [1.807, 2.05) is 6.07 Å². The van der Waals surface area contributed by atoms with E-state index in [1.54, 1.807) is 30.5 Å². The van der Waals surface area contributed by atoms with Crippen LogP contribution < -0.4 is 21.7 Å². The predicted molar refractivity (Wildman–Crippen MR) is 119 cm³/mol. The number of nitrogens with one attached hydrogen (secondary N) is 2.